The van der Waals surface area contributed by atoms with Gasteiger partial charge in [0.05, 0.1) is 17.7 Å². The first-order chi connectivity index (χ1) is 16.4. The van der Waals surface area contributed by atoms with E-state index in [9.17, 15) is 19.3 Å². The number of hydrogen-bond acceptors (Lipinski definition) is 8. The van der Waals surface area contributed by atoms with Crippen LogP contribution in [0, 0.1) is 15.9 Å². The first-order valence-electron chi connectivity index (χ1n) is 9.90. The maximum atomic E-state index is 13.0. The van der Waals surface area contributed by atoms with Gasteiger partial charge in [0.1, 0.15) is 5.82 Å². The van der Waals surface area contributed by atoms with Crippen molar-refractivity contribution in [3.05, 3.63) is 80.7 Å². The van der Waals surface area contributed by atoms with Crippen LogP contribution >= 0.6 is 15.9 Å². The number of carbonyl (C=O) groups excluding carboxylic acids is 1. The average Bonchev–Trinajstić information content (AvgIpc) is 2.81. The van der Waals surface area contributed by atoms with Gasteiger partial charge in [0.25, 0.3) is 5.91 Å². The van der Waals surface area contributed by atoms with Crippen LogP contribution in [0.3, 0.4) is 0 Å². The van der Waals surface area contributed by atoms with Gasteiger partial charge in [-0.2, -0.15) is 5.10 Å². The van der Waals surface area contributed by atoms with E-state index in [0.717, 1.165) is 0 Å². The molecular formula is C22H19BrFN5O5. The summed E-state index contributed by atoms with van der Waals surface area (Å²) in [7, 11) is 0. The molecule has 2 N–H and O–H groups in total. The summed E-state index contributed by atoms with van der Waals surface area (Å²) in [5.74, 6) is -0.162. The lowest BCUT2D eigenvalue weighted by Gasteiger charge is -2.14. The fourth-order valence-corrected chi connectivity index (χ4v) is 3.12. The molecule has 0 fully saturated rings. The number of nitro groups is 1. The summed E-state index contributed by atoms with van der Waals surface area (Å²) in [5.41, 5.74) is 3.36. The van der Waals surface area contributed by atoms with Crippen LogP contribution in [0.5, 0.6) is 11.5 Å². The van der Waals surface area contributed by atoms with Crippen LogP contribution in [0.2, 0.25) is 0 Å². The predicted molar refractivity (Wildman–Crippen MR) is 128 cm³/mol. The third-order valence-corrected chi connectivity index (χ3v) is 4.89. The molecule has 1 heterocycles. The molecule has 176 valence electrons. The number of anilines is 2. The maximum absolute atomic E-state index is 13.0. The van der Waals surface area contributed by atoms with Crippen LogP contribution in [0.1, 0.15) is 12.5 Å². The van der Waals surface area contributed by atoms with Crippen molar-refractivity contribution >= 4 is 45.2 Å². The molecule has 10 nitrogen and oxygen atoms in total. The molecule has 0 spiro atoms. The number of aromatic nitrogens is 1. The van der Waals surface area contributed by atoms with Gasteiger partial charge in [0.2, 0.25) is 5.82 Å². The molecule has 3 rings (SSSR count). The van der Waals surface area contributed by atoms with Gasteiger partial charge in [-0.1, -0.05) is 0 Å². The number of amides is 1. The highest BCUT2D eigenvalue weighted by molar-refractivity contribution is 9.10. The van der Waals surface area contributed by atoms with Crippen molar-refractivity contribution in [2.75, 3.05) is 24.0 Å². The van der Waals surface area contributed by atoms with Crippen LogP contribution in [-0.2, 0) is 4.79 Å². The molecule has 0 aliphatic rings. The molecule has 1 amide bonds. The van der Waals surface area contributed by atoms with E-state index in [1.165, 1.54) is 48.8 Å². The molecule has 3 aromatic rings. The largest absolute Gasteiger partial charge is 0.490 e. The molecule has 0 bridgehead atoms. The van der Waals surface area contributed by atoms with Crippen molar-refractivity contribution in [1.29, 1.82) is 0 Å². The molecule has 2 aromatic carbocycles. The Morgan fingerprint density at radius 3 is 2.68 bits per heavy atom. The van der Waals surface area contributed by atoms with E-state index in [-0.39, 0.29) is 18.1 Å². The SMILES string of the molecule is CCOc1cc(/C=N\Nc2ncccc2[N+](=O)[O-])c(Br)cc1OCC(=O)Nc1ccc(F)cc1. The highest BCUT2D eigenvalue weighted by atomic mass is 79.9. The van der Waals surface area contributed by atoms with Gasteiger partial charge in [0.15, 0.2) is 18.1 Å². The molecule has 1 aromatic heterocycles. The van der Waals surface area contributed by atoms with E-state index in [0.29, 0.717) is 33.8 Å². The fourth-order valence-electron chi connectivity index (χ4n) is 2.70. The van der Waals surface area contributed by atoms with E-state index >= 15 is 0 Å². The summed E-state index contributed by atoms with van der Waals surface area (Å²) in [6.07, 6.45) is 2.84. The summed E-state index contributed by atoms with van der Waals surface area (Å²) in [5, 5.41) is 17.7. The first-order valence-corrected chi connectivity index (χ1v) is 10.7. The van der Waals surface area contributed by atoms with Crippen molar-refractivity contribution in [2.45, 2.75) is 6.92 Å². The van der Waals surface area contributed by atoms with Crippen LogP contribution in [0.25, 0.3) is 0 Å². The molecule has 0 saturated carbocycles. The van der Waals surface area contributed by atoms with E-state index in [2.05, 4.69) is 36.8 Å². The summed E-state index contributed by atoms with van der Waals surface area (Å²) in [6.45, 7) is 1.83. The van der Waals surface area contributed by atoms with Gasteiger partial charge in [-0.3, -0.25) is 20.3 Å². The maximum Gasteiger partial charge on any atom is 0.313 e. The van der Waals surface area contributed by atoms with E-state index in [4.69, 9.17) is 9.47 Å². The van der Waals surface area contributed by atoms with Crippen LogP contribution in [0.15, 0.2) is 64.3 Å². The monoisotopic (exact) mass is 531 g/mol. The minimum atomic E-state index is -0.563. The highest BCUT2D eigenvalue weighted by Gasteiger charge is 2.14. The van der Waals surface area contributed by atoms with Crippen molar-refractivity contribution in [1.82, 2.24) is 4.98 Å². The minimum absolute atomic E-state index is 0.00276. The molecule has 0 aliphatic heterocycles. The van der Waals surface area contributed by atoms with Crippen molar-refractivity contribution in [3.63, 3.8) is 0 Å². The summed E-state index contributed by atoms with van der Waals surface area (Å²) in [4.78, 5) is 26.6. The topological polar surface area (TPSA) is 128 Å². The van der Waals surface area contributed by atoms with Crippen LogP contribution in [-0.4, -0.2) is 35.2 Å². The smallest absolute Gasteiger partial charge is 0.313 e. The quantitative estimate of drug-likeness (QED) is 0.219. The summed E-state index contributed by atoms with van der Waals surface area (Å²) < 4.78 is 24.8. The fraction of sp³-hybridized carbons (Fsp3) is 0.136. The van der Waals surface area contributed by atoms with Crippen molar-refractivity contribution < 1.29 is 23.6 Å². The molecule has 0 saturated heterocycles. The molecule has 0 radical (unpaired) electrons. The Labute approximate surface area is 202 Å². The number of nitrogens with zero attached hydrogens (tertiary/aromatic N) is 3. The highest BCUT2D eigenvalue weighted by Crippen LogP contribution is 2.33. The molecule has 34 heavy (non-hydrogen) atoms. The molecule has 0 unspecified atom stereocenters. The summed E-state index contributed by atoms with van der Waals surface area (Å²) in [6, 6.07) is 11.4. The van der Waals surface area contributed by atoms with Crippen LogP contribution in [0.4, 0.5) is 21.6 Å². The number of hydrogen-bond donors (Lipinski definition) is 2. The Hall–Kier alpha value is -4.06. The Morgan fingerprint density at radius 1 is 1.24 bits per heavy atom. The number of halogens is 2. The normalized spacial score (nSPS) is 10.7. The zero-order valence-corrected chi connectivity index (χ0v) is 19.4. The van der Waals surface area contributed by atoms with Crippen LogP contribution < -0.4 is 20.2 Å². The molecular weight excluding hydrogens is 513 g/mol. The Bertz CT molecular complexity index is 1210. The molecule has 12 heteroatoms. The van der Waals surface area contributed by atoms with Gasteiger partial charge >= 0.3 is 5.69 Å². The third kappa shape index (κ3) is 6.72. The lowest BCUT2D eigenvalue weighted by molar-refractivity contribution is -0.384. The van der Waals surface area contributed by atoms with E-state index in [1.807, 2.05) is 0 Å². The zero-order chi connectivity index (χ0) is 24.5. The predicted octanol–water partition coefficient (Wildman–Crippen LogP) is 4.75. The summed E-state index contributed by atoms with van der Waals surface area (Å²) >= 11 is 3.41. The van der Waals surface area contributed by atoms with Gasteiger partial charge in [0, 0.05) is 28.0 Å². The number of rotatable bonds is 10. The standard InChI is InChI=1S/C22H19BrFN5O5/c1-2-33-19-10-14(12-26-28-22-18(29(31)32)4-3-9-25-22)17(23)11-20(19)34-13-21(30)27-16-7-5-15(24)6-8-16/h3-12H,2,13H2,1H3,(H,25,28)(H,27,30)/b26-12-. The van der Waals surface area contributed by atoms with Gasteiger partial charge in [-0.25, -0.2) is 9.37 Å². The Kier molecular flexibility index (Phi) is 8.46. The zero-order valence-electron chi connectivity index (χ0n) is 17.8. The lowest BCUT2D eigenvalue weighted by atomic mass is 10.2. The number of carbonyl (C=O) groups is 1. The van der Waals surface area contributed by atoms with Crippen molar-refractivity contribution in [2.24, 2.45) is 5.10 Å². The van der Waals surface area contributed by atoms with E-state index in [1.54, 1.807) is 19.1 Å². The molecule has 0 aliphatic carbocycles. The number of ether oxygens (including phenoxy) is 2. The number of pyridine rings is 1. The number of benzene rings is 2. The van der Waals surface area contributed by atoms with Gasteiger partial charge in [-0.15, -0.1) is 0 Å². The van der Waals surface area contributed by atoms with E-state index < -0.39 is 16.6 Å². The molecule has 0 atom stereocenters. The van der Waals surface area contributed by atoms with Gasteiger partial charge in [-0.05, 0) is 65.3 Å². The lowest BCUT2D eigenvalue weighted by Crippen LogP contribution is -2.20. The Morgan fingerprint density at radius 2 is 1.97 bits per heavy atom. The minimum Gasteiger partial charge on any atom is -0.490 e. The van der Waals surface area contributed by atoms with Crippen molar-refractivity contribution in [3.8, 4) is 11.5 Å². The second kappa shape index (κ2) is 11.7. The number of nitrogens with one attached hydrogen (secondary N) is 2. The first kappa shape index (κ1) is 24.6. The Balaban J connectivity index is 1.70. The second-order valence-electron chi connectivity index (χ2n) is 6.60. The van der Waals surface area contributed by atoms with Gasteiger partial charge < -0.3 is 14.8 Å². The number of hydrazone groups is 1. The third-order valence-electron chi connectivity index (χ3n) is 4.21. The second-order valence-corrected chi connectivity index (χ2v) is 7.45. The average molecular weight is 532 g/mol.